The van der Waals surface area contributed by atoms with Crippen LogP contribution in [-0.2, 0) is 16.2 Å². The van der Waals surface area contributed by atoms with Crippen molar-refractivity contribution in [2.75, 3.05) is 19.5 Å². The number of benzene rings is 1. The molecule has 9 heteroatoms. The van der Waals surface area contributed by atoms with Crippen LogP contribution in [0.1, 0.15) is 18.1 Å². The predicted octanol–water partition coefficient (Wildman–Crippen LogP) is 2.01. The van der Waals surface area contributed by atoms with Crippen molar-refractivity contribution in [2.45, 2.75) is 13.5 Å². The largest absolute Gasteiger partial charge is 0.496 e. The lowest BCUT2D eigenvalue weighted by Gasteiger charge is -2.13. The number of anilines is 1. The molecular formula is C18H19N5O4. The highest BCUT2D eigenvalue weighted by molar-refractivity contribution is 5.92. The number of aliphatic imine (C=N–C) groups is 1. The molecule has 0 amide bonds. The first kappa shape index (κ1) is 19.5. The Morgan fingerprint density at radius 3 is 2.44 bits per heavy atom. The number of rotatable bonds is 5. The number of carbonyl (C=O) groups excluding carboxylic acids is 1. The van der Waals surface area contributed by atoms with Gasteiger partial charge in [-0.3, -0.25) is 4.79 Å². The summed E-state index contributed by atoms with van der Waals surface area (Å²) in [5, 5.41) is 11.7. The molecule has 0 saturated heterocycles. The molecule has 1 aromatic heterocycles. The zero-order chi connectivity index (χ0) is 19.6. The fraction of sp³-hybridized carbons (Fsp3) is 0.222. The highest BCUT2D eigenvalue weighted by Crippen LogP contribution is 2.28. The summed E-state index contributed by atoms with van der Waals surface area (Å²) in [5.41, 5.74) is 3.59. The Hall–Kier alpha value is -3.80. The fourth-order valence-corrected chi connectivity index (χ4v) is 2.11. The van der Waals surface area contributed by atoms with Crippen LogP contribution in [0, 0.1) is 11.3 Å². The van der Waals surface area contributed by atoms with Crippen LogP contribution in [0.25, 0.3) is 0 Å². The van der Waals surface area contributed by atoms with Gasteiger partial charge in [0.1, 0.15) is 23.4 Å². The molecule has 0 aliphatic rings. The van der Waals surface area contributed by atoms with Gasteiger partial charge in [-0.2, -0.15) is 10.7 Å². The molecule has 0 atom stereocenters. The summed E-state index contributed by atoms with van der Waals surface area (Å²) in [6.45, 7) is 1.44. The van der Waals surface area contributed by atoms with Crippen molar-refractivity contribution in [1.82, 2.24) is 10.5 Å². The maximum absolute atomic E-state index is 11.1. The number of nitrogens with zero attached hydrogens (tertiary/aromatic N) is 3. The molecule has 140 valence electrons. The normalized spacial score (nSPS) is 10.5. The third-order valence-corrected chi connectivity index (χ3v) is 3.36. The maximum atomic E-state index is 11.1. The molecule has 0 aliphatic heterocycles. The number of aromatic nitrogens is 1. The number of hydroxylamine groups is 1. The summed E-state index contributed by atoms with van der Waals surface area (Å²) in [5.74, 6) is 1.25. The van der Waals surface area contributed by atoms with E-state index < -0.39 is 5.97 Å². The standard InChI is InChI=1S/C18H19N5O4/c1-12(24)27-23-18(22-17-8-7-13(9-19)10-20-17)21-11-14-15(25-2)5-4-6-16(14)26-3/h4-8,10H,11H2,1-3H3,(H2,20,21,22,23). The first-order valence-corrected chi connectivity index (χ1v) is 7.88. The van der Waals surface area contributed by atoms with E-state index in [9.17, 15) is 4.79 Å². The zero-order valence-electron chi connectivity index (χ0n) is 15.1. The van der Waals surface area contributed by atoms with Gasteiger partial charge in [-0.1, -0.05) is 6.07 Å². The van der Waals surface area contributed by atoms with Gasteiger partial charge in [-0.05, 0) is 24.3 Å². The van der Waals surface area contributed by atoms with Crippen LogP contribution in [0.5, 0.6) is 11.5 Å². The Balaban J connectivity index is 2.25. The first-order valence-electron chi connectivity index (χ1n) is 7.88. The summed E-state index contributed by atoms with van der Waals surface area (Å²) in [6, 6.07) is 10.6. The van der Waals surface area contributed by atoms with Crippen molar-refractivity contribution >= 4 is 17.7 Å². The van der Waals surface area contributed by atoms with E-state index >= 15 is 0 Å². The van der Waals surface area contributed by atoms with Crippen molar-refractivity contribution in [2.24, 2.45) is 4.99 Å². The minimum Gasteiger partial charge on any atom is -0.496 e. The number of nitrogens with one attached hydrogen (secondary N) is 2. The van der Waals surface area contributed by atoms with Gasteiger partial charge in [0.15, 0.2) is 0 Å². The van der Waals surface area contributed by atoms with Crippen LogP contribution in [-0.4, -0.2) is 31.1 Å². The molecule has 0 bridgehead atoms. The minimum absolute atomic E-state index is 0.148. The van der Waals surface area contributed by atoms with Gasteiger partial charge in [0.05, 0.1) is 31.9 Å². The van der Waals surface area contributed by atoms with E-state index in [1.54, 1.807) is 38.5 Å². The summed E-state index contributed by atoms with van der Waals surface area (Å²) in [4.78, 5) is 24.4. The summed E-state index contributed by atoms with van der Waals surface area (Å²) >= 11 is 0. The lowest BCUT2D eigenvalue weighted by molar-refractivity contribution is -0.145. The molecule has 1 aromatic carbocycles. The van der Waals surface area contributed by atoms with Gasteiger partial charge >= 0.3 is 5.97 Å². The van der Waals surface area contributed by atoms with E-state index in [4.69, 9.17) is 19.6 Å². The number of hydrogen-bond donors (Lipinski definition) is 2. The van der Waals surface area contributed by atoms with E-state index in [0.29, 0.717) is 22.9 Å². The van der Waals surface area contributed by atoms with Gasteiger partial charge < -0.3 is 19.6 Å². The Bertz CT molecular complexity index is 837. The molecule has 0 unspecified atom stereocenters. The van der Waals surface area contributed by atoms with Crippen LogP contribution in [0.4, 0.5) is 5.82 Å². The summed E-state index contributed by atoms with van der Waals surface area (Å²) in [6.07, 6.45) is 1.41. The number of guanidine groups is 1. The predicted molar refractivity (Wildman–Crippen MR) is 98.2 cm³/mol. The lowest BCUT2D eigenvalue weighted by atomic mass is 10.2. The molecule has 0 spiro atoms. The van der Waals surface area contributed by atoms with Crippen LogP contribution >= 0.6 is 0 Å². The molecule has 27 heavy (non-hydrogen) atoms. The second-order valence-electron chi connectivity index (χ2n) is 5.17. The van der Waals surface area contributed by atoms with Crippen molar-refractivity contribution in [1.29, 1.82) is 5.26 Å². The highest BCUT2D eigenvalue weighted by atomic mass is 16.7. The second-order valence-corrected chi connectivity index (χ2v) is 5.17. The molecule has 2 aromatic rings. The number of hydrogen-bond acceptors (Lipinski definition) is 7. The topological polar surface area (TPSA) is 118 Å². The smallest absolute Gasteiger partial charge is 0.329 e. The third-order valence-electron chi connectivity index (χ3n) is 3.36. The van der Waals surface area contributed by atoms with E-state index in [2.05, 4.69) is 20.8 Å². The molecule has 2 rings (SSSR count). The van der Waals surface area contributed by atoms with Gasteiger partial charge in [-0.25, -0.2) is 9.98 Å². The number of pyridine rings is 1. The molecular weight excluding hydrogens is 350 g/mol. The average Bonchev–Trinajstić information content (AvgIpc) is 2.70. The third kappa shape index (κ3) is 5.61. The summed E-state index contributed by atoms with van der Waals surface area (Å²) < 4.78 is 10.7. The molecule has 0 fully saturated rings. The first-order chi connectivity index (χ1) is 13.1. The van der Waals surface area contributed by atoms with E-state index in [0.717, 1.165) is 5.56 Å². The molecule has 0 saturated carbocycles. The van der Waals surface area contributed by atoms with Crippen LogP contribution < -0.4 is 20.3 Å². The van der Waals surface area contributed by atoms with Gasteiger partial charge in [0.25, 0.3) is 0 Å². The Morgan fingerprint density at radius 1 is 1.22 bits per heavy atom. The molecule has 2 N–H and O–H groups in total. The van der Waals surface area contributed by atoms with Gasteiger partial charge in [0, 0.05) is 13.1 Å². The molecule has 1 heterocycles. The SMILES string of the molecule is COc1cccc(OC)c1CN=C(NOC(C)=O)Nc1ccc(C#N)cn1. The van der Waals surface area contributed by atoms with Crippen molar-refractivity contribution in [3.63, 3.8) is 0 Å². The molecule has 0 radical (unpaired) electrons. The van der Waals surface area contributed by atoms with Crippen LogP contribution in [0.2, 0.25) is 0 Å². The van der Waals surface area contributed by atoms with E-state index in [-0.39, 0.29) is 12.5 Å². The minimum atomic E-state index is -0.535. The number of carbonyl (C=O) groups is 1. The Morgan fingerprint density at radius 2 is 1.93 bits per heavy atom. The monoisotopic (exact) mass is 369 g/mol. The second kappa shape index (κ2) is 9.62. The maximum Gasteiger partial charge on any atom is 0.329 e. The quantitative estimate of drug-likeness (QED) is 0.467. The van der Waals surface area contributed by atoms with Crippen molar-refractivity contribution in [3.8, 4) is 17.6 Å². The van der Waals surface area contributed by atoms with Crippen molar-refractivity contribution in [3.05, 3.63) is 47.7 Å². The van der Waals surface area contributed by atoms with E-state index in [1.165, 1.54) is 13.1 Å². The molecule has 0 aliphatic carbocycles. The number of ether oxygens (including phenoxy) is 2. The number of methoxy groups -OCH3 is 2. The summed E-state index contributed by atoms with van der Waals surface area (Å²) in [7, 11) is 3.11. The van der Waals surface area contributed by atoms with Crippen LogP contribution in [0.15, 0.2) is 41.5 Å². The van der Waals surface area contributed by atoms with Crippen molar-refractivity contribution < 1.29 is 19.1 Å². The highest BCUT2D eigenvalue weighted by Gasteiger charge is 2.11. The fourth-order valence-electron chi connectivity index (χ4n) is 2.11. The van der Waals surface area contributed by atoms with Gasteiger partial charge in [-0.15, -0.1) is 0 Å². The van der Waals surface area contributed by atoms with E-state index in [1.807, 2.05) is 12.1 Å². The van der Waals surface area contributed by atoms with Gasteiger partial charge in [0.2, 0.25) is 5.96 Å². The number of nitriles is 1. The Kier molecular flexibility index (Phi) is 6.96. The van der Waals surface area contributed by atoms with Crippen LogP contribution in [0.3, 0.4) is 0 Å². The zero-order valence-corrected chi connectivity index (χ0v) is 15.1. The Labute approximate surface area is 156 Å². The molecule has 9 nitrogen and oxygen atoms in total. The lowest BCUT2D eigenvalue weighted by Crippen LogP contribution is -2.32. The average molecular weight is 369 g/mol.